The average molecular weight is 414 g/mol. The second-order valence-corrected chi connectivity index (χ2v) is 6.61. The maximum absolute atomic E-state index is 12.6. The van der Waals surface area contributed by atoms with Crippen LogP contribution in [0.1, 0.15) is 26.7 Å². The number of rotatable bonds is 5. The first-order valence-electron chi connectivity index (χ1n) is 9.34. The van der Waals surface area contributed by atoms with Crippen LogP contribution in [0.2, 0.25) is 0 Å². The third kappa shape index (κ3) is 4.75. The zero-order chi connectivity index (χ0) is 21.8. The number of anilines is 2. The number of carbonyl (C=O) groups excluding carboxylic acids is 2. The number of hydrogen-bond acceptors (Lipinski definition) is 7. The summed E-state index contributed by atoms with van der Waals surface area (Å²) in [4.78, 5) is 41.7. The molecule has 1 aromatic carbocycles. The molecule has 0 bridgehead atoms. The zero-order valence-corrected chi connectivity index (χ0v) is 16.8. The van der Waals surface area contributed by atoms with Gasteiger partial charge in [-0.2, -0.15) is 15.1 Å². The van der Waals surface area contributed by atoms with Crippen molar-refractivity contribution in [3.8, 4) is 11.5 Å². The molecule has 154 valence electrons. The van der Waals surface area contributed by atoms with Crippen molar-refractivity contribution in [2.45, 2.75) is 6.92 Å². The van der Waals surface area contributed by atoms with Gasteiger partial charge in [0.1, 0.15) is 11.5 Å². The fourth-order valence-corrected chi connectivity index (χ4v) is 2.76. The summed E-state index contributed by atoms with van der Waals surface area (Å²) in [6.45, 7) is 1.71. The normalized spacial score (nSPS) is 10.5. The van der Waals surface area contributed by atoms with Gasteiger partial charge < -0.3 is 5.32 Å². The van der Waals surface area contributed by atoms with Crippen LogP contribution < -0.4 is 10.6 Å². The lowest BCUT2D eigenvalue weighted by atomic mass is 10.2. The molecule has 0 saturated carbocycles. The van der Waals surface area contributed by atoms with Crippen molar-refractivity contribution in [1.82, 2.24) is 29.7 Å². The van der Waals surface area contributed by atoms with Gasteiger partial charge in [0.15, 0.2) is 11.5 Å². The van der Waals surface area contributed by atoms with Gasteiger partial charge in [0.2, 0.25) is 5.95 Å². The van der Waals surface area contributed by atoms with Gasteiger partial charge in [0, 0.05) is 30.7 Å². The SMILES string of the molecule is Cc1nc(NC(=O)c2ccc(NC(=O)c3ccn(C)n3)cc2)nc(-c2ccccn2)n1. The number of benzene rings is 1. The Morgan fingerprint density at radius 3 is 2.39 bits per heavy atom. The second kappa shape index (κ2) is 8.49. The molecule has 10 nitrogen and oxygen atoms in total. The minimum atomic E-state index is -0.389. The zero-order valence-electron chi connectivity index (χ0n) is 16.8. The molecule has 3 heterocycles. The number of nitrogens with one attached hydrogen (secondary N) is 2. The first-order valence-corrected chi connectivity index (χ1v) is 9.34. The number of aromatic nitrogens is 6. The van der Waals surface area contributed by atoms with Crippen LogP contribution in [0.25, 0.3) is 11.5 Å². The average Bonchev–Trinajstić information content (AvgIpc) is 3.21. The van der Waals surface area contributed by atoms with Crippen LogP contribution in [0.4, 0.5) is 11.6 Å². The molecule has 3 aromatic heterocycles. The quantitative estimate of drug-likeness (QED) is 0.513. The van der Waals surface area contributed by atoms with E-state index in [9.17, 15) is 9.59 Å². The van der Waals surface area contributed by atoms with E-state index in [1.54, 1.807) is 73.5 Å². The Kier molecular flexibility index (Phi) is 5.43. The highest BCUT2D eigenvalue weighted by Gasteiger charge is 2.13. The minimum Gasteiger partial charge on any atom is -0.321 e. The second-order valence-electron chi connectivity index (χ2n) is 6.61. The Labute approximate surface area is 177 Å². The maximum atomic E-state index is 12.6. The summed E-state index contributed by atoms with van der Waals surface area (Å²) in [6, 6.07) is 13.5. The van der Waals surface area contributed by atoms with Crippen LogP contribution in [-0.4, -0.2) is 41.5 Å². The summed E-state index contributed by atoms with van der Waals surface area (Å²) < 4.78 is 1.55. The molecule has 0 aliphatic rings. The Bertz CT molecular complexity index is 1240. The highest BCUT2D eigenvalue weighted by Crippen LogP contribution is 2.15. The Morgan fingerprint density at radius 1 is 0.903 bits per heavy atom. The molecule has 0 atom stereocenters. The number of nitrogens with zero attached hydrogens (tertiary/aromatic N) is 6. The molecule has 4 aromatic rings. The monoisotopic (exact) mass is 414 g/mol. The van der Waals surface area contributed by atoms with Gasteiger partial charge in [-0.1, -0.05) is 6.07 Å². The van der Waals surface area contributed by atoms with E-state index in [1.807, 2.05) is 6.07 Å². The fraction of sp³-hybridized carbons (Fsp3) is 0.0952. The van der Waals surface area contributed by atoms with Crippen molar-refractivity contribution in [1.29, 1.82) is 0 Å². The number of amides is 2. The fourth-order valence-electron chi connectivity index (χ4n) is 2.76. The van der Waals surface area contributed by atoms with E-state index in [0.717, 1.165) is 0 Å². The third-order valence-electron chi connectivity index (χ3n) is 4.22. The summed E-state index contributed by atoms with van der Waals surface area (Å²) in [5.74, 6) is 0.237. The molecule has 0 radical (unpaired) electrons. The van der Waals surface area contributed by atoms with Crippen molar-refractivity contribution < 1.29 is 9.59 Å². The van der Waals surface area contributed by atoms with E-state index in [2.05, 4.69) is 35.7 Å². The van der Waals surface area contributed by atoms with Crippen LogP contribution in [0.3, 0.4) is 0 Å². The molecule has 0 spiro atoms. The number of aryl methyl sites for hydroxylation is 2. The predicted octanol–water partition coefficient (Wildman–Crippen LogP) is 2.48. The standard InChI is InChI=1S/C21H18N8O2/c1-13-23-18(16-5-3-4-11-22-16)26-21(24-13)27-19(30)14-6-8-15(9-7-14)25-20(31)17-10-12-29(2)28-17/h3-12H,1-2H3,(H,25,31)(H,23,24,26,27,30). The Hall–Kier alpha value is -4.47. The highest BCUT2D eigenvalue weighted by atomic mass is 16.2. The van der Waals surface area contributed by atoms with Gasteiger partial charge in [0.25, 0.3) is 11.8 Å². The van der Waals surface area contributed by atoms with Gasteiger partial charge in [-0.3, -0.25) is 24.6 Å². The molecule has 0 unspecified atom stereocenters. The van der Waals surface area contributed by atoms with E-state index in [0.29, 0.717) is 34.3 Å². The van der Waals surface area contributed by atoms with Crippen LogP contribution >= 0.6 is 0 Å². The molecular formula is C21H18N8O2. The molecule has 2 amide bonds. The maximum Gasteiger partial charge on any atom is 0.276 e. The van der Waals surface area contributed by atoms with Crippen LogP contribution in [0.5, 0.6) is 0 Å². The molecule has 0 saturated heterocycles. The molecule has 0 aliphatic carbocycles. The Morgan fingerprint density at radius 2 is 1.71 bits per heavy atom. The summed E-state index contributed by atoms with van der Waals surface area (Å²) in [5, 5.41) is 9.46. The molecule has 4 rings (SSSR count). The summed E-state index contributed by atoms with van der Waals surface area (Å²) in [7, 11) is 1.73. The number of hydrogen-bond donors (Lipinski definition) is 2. The topological polar surface area (TPSA) is 128 Å². The summed E-state index contributed by atoms with van der Waals surface area (Å²) >= 11 is 0. The predicted molar refractivity (Wildman–Crippen MR) is 113 cm³/mol. The van der Waals surface area contributed by atoms with Gasteiger partial charge in [-0.25, -0.2) is 4.98 Å². The van der Waals surface area contributed by atoms with Crippen molar-refractivity contribution in [3.63, 3.8) is 0 Å². The van der Waals surface area contributed by atoms with E-state index < -0.39 is 0 Å². The van der Waals surface area contributed by atoms with Gasteiger partial charge in [0.05, 0.1) is 0 Å². The van der Waals surface area contributed by atoms with E-state index in [-0.39, 0.29) is 17.8 Å². The molecule has 0 fully saturated rings. The molecule has 10 heteroatoms. The molecular weight excluding hydrogens is 396 g/mol. The van der Waals surface area contributed by atoms with Gasteiger partial charge in [-0.05, 0) is 49.4 Å². The molecule has 0 aliphatic heterocycles. The highest BCUT2D eigenvalue weighted by molar-refractivity contribution is 6.05. The molecule has 2 N–H and O–H groups in total. The van der Waals surface area contributed by atoms with Crippen molar-refractivity contribution >= 4 is 23.5 Å². The van der Waals surface area contributed by atoms with Crippen LogP contribution in [0, 0.1) is 6.92 Å². The lowest BCUT2D eigenvalue weighted by Gasteiger charge is -2.08. The minimum absolute atomic E-state index is 0.130. The lowest BCUT2D eigenvalue weighted by molar-refractivity contribution is 0.101. The van der Waals surface area contributed by atoms with Crippen molar-refractivity contribution in [2.75, 3.05) is 10.6 Å². The van der Waals surface area contributed by atoms with Crippen LogP contribution in [0.15, 0.2) is 60.9 Å². The molecule has 31 heavy (non-hydrogen) atoms. The van der Waals surface area contributed by atoms with Crippen molar-refractivity contribution in [3.05, 3.63) is 78.0 Å². The Balaban J connectivity index is 1.45. The van der Waals surface area contributed by atoms with Crippen molar-refractivity contribution in [2.24, 2.45) is 7.05 Å². The number of carbonyl (C=O) groups is 2. The van der Waals surface area contributed by atoms with E-state index in [1.165, 1.54) is 0 Å². The first kappa shape index (κ1) is 19.8. The summed E-state index contributed by atoms with van der Waals surface area (Å²) in [6.07, 6.45) is 3.32. The lowest BCUT2D eigenvalue weighted by Crippen LogP contribution is -2.16. The van der Waals surface area contributed by atoms with E-state index in [4.69, 9.17) is 0 Å². The largest absolute Gasteiger partial charge is 0.321 e. The summed E-state index contributed by atoms with van der Waals surface area (Å²) in [5.41, 5.74) is 1.81. The van der Waals surface area contributed by atoms with Gasteiger partial charge in [-0.15, -0.1) is 0 Å². The van der Waals surface area contributed by atoms with Gasteiger partial charge >= 0.3 is 0 Å². The third-order valence-corrected chi connectivity index (χ3v) is 4.22. The van der Waals surface area contributed by atoms with Crippen LogP contribution in [-0.2, 0) is 7.05 Å². The smallest absolute Gasteiger partial charge is 0.276 e. The number of pyridine rings is 1. The van der Waals surface area contributed by atoms with E-state index >= 15 is 0 Å². The first-order chi connectivity index (χ1) is 15.0.